The number of nitrogens with zero attached hydrogens (tertiary/aromatic N) is 1. The van der Waals surface area contributed by atoms with Crippen LogP contribution in [-0.4, -0.2) is 44.1 Å². The molecule has 1 aliphatic heterocycles. The molecule has 1 N–H and O–H groups in total. The van der Waals surface area contributed by atoms with Crippen LogP contribution in [0.2, 0.25) is 0 Å². The molecule has 21 heavy (non-hydrogen) atoms. The maximum Gasteiger partial charge on any atom is 0.226 e. The molecule has 1 atom stereocenters. The second-order valence-corrected chi connectivity index (χ2v) is 6.44. The van der Waals surface area contributed by atoms with Gasteiger partial charge in [0, 0.05) is 13.1 Å². The van der Waals surface area contributed by atoms with Crippen LogP contribution in [0, 0.1) is 12.8 Å². The van der Waals surface area contributed by atoms with Gasteiger partial charge in [0.1, 0.15) is 5.75 Å². The predicted molar refractivity (Wildman–Crippen MR) is 87.6 cm³/mol. The number of aryl methyl sites for hydroxylation is 1. The van der Waals surface area contributed by atoms with E-state index in [4.69, 9.17) is 4.74 Å². The van der Waals surface area contributed by atoms with Crippen molar-refractivity contribution in [2.24, 2.45) is 5.92 Å². The monoisotopic (exact) mass is 354 g/mol. The van der Waals surface area contributed by atoms with Crippen LogP contribution in [0.4, 0.5) is 0 Å². The van der Waals surface area contributed by atoms with Gasteiger partial charge in [-0.3, -0.25) is 4.79 Å². The first-order valence-corrected chi connectivity index (χ1v) is 8.20. The zero-order valence-electron chi connectivity index (χ0n) is 12.7. The Morgan fingerprint density at radius 1 is 1.52 bits per heavy atom. The molecule has 0 spiro atoms. The zero-order chi connectivity index (χ0) is 15.2. The number of hydrogen-bond donors (Lipinski definition) is 1. The minimum Gasteiger partial charge on any atom is -0.492 e. The van der Waals surface area contributed by atoms with E-state index in [1.165, 1.54) is 5.56 Å². The smallest absolute Gasteiger partial charge is 0.226 e. The summed E-state index contributed by atoms with van der Waals surface area (Å²) in [4.78, 5) is 14.1. The van der Waals surface area contributed by atoms with Crippen molar-refractivity contribution in [1.82, 2.24) is 10.2 Å². The van der Waals surface area contributed by atoms with Gasteiger partial charge in [0.2, 0.25) is 5.91 Å². The van der Waals surface area contributed by atoms with Gasteiger partial charge in [-0.15, -0.1) is 0 Å². The number of amides is 1. The van der Waals surface area contributed by atoms with Crippen molar-refractivity contribution in [3.63, 3.8) is 0 Å². The highest BCUT2D eigenvalue weighted by Crippen LogP contribution is 2.26. The summed E-state index contributed by atoms with van der Waals surface area (Å²) in [5, 5.41) is 3.18. The maximum absolute atomic E-state index is 12.1. The van der Waals surface area contributed by atoms with Crippen LogP contribution in [0.5, 0.6) is 5.75 Å². The summed E-state index contributed by atoms with van der Waals surface area (Å²) in [6.07, 6.45) is 1.53. The van der Waals surface area contributed by atoms with E-state index in [1.54, 1.807) is 0 Å². The lowest BCUT2D eigenvalue weighted by molar-refractivity contribution is -0.130. The summed E-state index contributed by atoms with van der Waals surface area (Å²) in [5.74, 6) is 1.57. The van der Waals surface area contributed by atoms with Crippen LogP contribution >= 0.6 is 15.9 Å². The first-order chi connectivity index (χ1) is 10.1. The lowest BCUT2D eigenvalue weighted by Gasteiger charge is -2.17. The van der Waals surface area contributed by atoms with Gasteiger partial charge in [0.05, 0.1) is 17.5 Å². The average molecular weight is 355 g/mol. The Labute approximate surface area is 135 Å². The Morgan fingerprint density at radius 2 is 2.33 bits per heavy atom. The van der Waals surface area contributed by atoms with Gasteiger partial charge in [-0.05, 0) is 66.5 Å². The first-order valence-electron chi connectivity index (χ1n) is 7.41. The van der Waals surface area contributed by atoms with Crippen molar-refractivity contribution in [3.8, 4) is 5.75 Å². The van der Waals surface area contributed by atoms with Crippen LogP contribution in [-0.2, 0) is 4.79 Å². The van der Waals surface area contributed by atoms with Crippen LogP contribution in [0.25, 0.3) is 0 Å². The molecular weight excluding hydrogens is 332 g/mol. The minimum absolute atomic E-state index is 0.192. The van der Waals surface area contributed by atoms with E-state index in [0.717, 1.165) is 36.3 Å². The number of hydrogen-bond acceptors (Lipinski definition) is 3. The SMILES string of the molecule is CNC[C@H]1CCN(C(=O)CCOc2ccc(C)cc2Br)C1. The van der Waals surface area contributed by atoms with Gasteiger partial charge in [0.15, 0.2) is 0 Å². The molecule has 1 saturated heterocycles. The molecule has 0 unspecified atom stereocenters. The van der Waals surface area contributed by atoms with Crippen LogP contribution in [0.1, 0.15) is 18.4 Å². The number of ether oxygens (including phenoxy) is 1. The Hall–Kier alpha value is -1.07. The highest BCUT2D eigenvalue weighted by molar-refractivity contribution is 9.10. The summed E-state index contributed by atoms with van der Waals surface area (Å²) >= 11 is 3.48. The number of likely N-dealkylation sites (tertiary alicyclic amines) is 1. The van der Waals surface area contributed by atoms with E-state index < -0.39 is 0 Å². The number of rotatable bonds is 6. The van der Waals surface area contributed by atoms with Gasteiger partial charge in [0.25, 0.3) is 0 Å². The highest BCUT2D eigenvalue weighted by Gasteiger charge is 2.25. The normalized spacial score (nSPS) is 18.0. The Bertz CT molecular complexity index is 493. The van der Waals surface area contributed by atoms with Crippen molar-refractivity contribution in [2.45, 2.75) is 19.8 Å². The lowest BCUT2D eigenvalue weighted by Crippen LogP contribution is -2.31. The fourth-order valence-corrected chi connectivity index (χ4v) is 3.25. The Kier molecular flexibility index (Phi) is 6.06. The number of carbonyl (C=O) groups excluding carboxylic acids is 1. The Balaban J connectivity index is 1.74. The second kappa shape index (κ2) is 7.80. The van der Waals surface area contributed by atoms with Crippen molar-refractivity contribution in [3.05, 3.63) is 28.2 Å². The van der Waals surface area contributed by atoms with E-state index in [1.807, 2.05) is 37.1 Å². The molecule has 1 amide bonds. The molecule has 116 valence electrons. The topological polar surface area (TPSA) is 41.6 Å². The molecule has 5 heteroatoms. The molecular formula is C16H23BrN2O2. The molecule has 0 aliphatic carbocycles. The highest BCUT2D eigenvalue weighted by atomic mass is 79.9. The average Bonchev–Trinajstić information content (AvgIpc) is 2.90. The summed E-state index contributed by atoms with van der Waals surface area (Å²) in [6.45, 7) is 5.19. The largest absolute Gasteiger partial charge is 0.492 e. The third-order valence-electron chi connectivity index (χ3n) is 3.79. The van der Waals surface area contributed by atoms with E-state index >= 15 is 0 Å². The third kappa shape index (κ3) is 4.71. The number of halogens is 1. The summed E-state index contributed by atoms with van der Waals surface area (Å²) in [7, 11) is 1.96. The molecule has 1 aliphatic rings. The van der Waals surface area contributed by atoms with Crippen molar-refractivity contribution >= 4 is 21.8 Å². The van der Waals surface area contributed by atoms with Gasteiger partial charge < -0.3 is 15.0 Å². The molecule has 2 rings (SSSR count). The molecule has 1 heterocycles. The second-order valence-electron chi connectivity index (χ2n) is 5.58. The van der Waals surface area contributed by atoms with Crippen LogP contribution in [0.15, 0.2) is 22.7 Å². The standard InChI is InChI=1S/C16H23BrN2O2/c1-12-3-4-15(14(17)9-12)21-8-6-16(20)19-7-5-13(11-19)10-18-2/h3-4,9,13,18H,5-8,10-11H2,1-2H3/t13-/m1/s1. The fourth-order valence-electron chi connectivity index (χ4n) is 2.64. The zero-order valence-corrected chi connectivity index (χ0v) is 14.3. The van der Waals surface area contributed by atoms with E-state index in [9.17, 15) is 4.79 Å². The maximum atomic E-state index is 12.1. The molecule has 0 radical (unpaired) electrons. The summed E-state index contributed by atoms with van der Waals surface area (Å²) in [6, 6.07) is 5.95. The Morgan fingerprint density at radius 3 is 3.05 bits per heavy atom. The molecule has 0 bridgehead atoms. The molecule has 4 nitrogen and oxygen atoms in total. The van der Waals surface area contributed by atoms with E-state index in [2.05, 4.69) is 21.2 Å². The molecule has 1 aromatic rings. The predicted octanol–water partition coefficient (Wildman–Crippen LogP) is 2.59. The molecule has 1 fully saturated rings. The van der Waals surface area contributed by atoms with Crippen molar-refractivity contribution in [1.29, 1.82) is 0 Å². The quantitative estimate of drug-likeness (QED) is 0.853. The summed E-state index contributed by atoms with van der Waals surface area (Å²) < 4.78 is 6.63. The third-order valence-corrected chi connectivity index (χ3v) is 4.41. The minimum atomic E-state index is 0.192. The molecule has 0 aromatic heterocycles. The van der Waals surface area contributed by atoms with Crippen molar-refractivity contribution < 1.29 is 9.53 Å². The number of benzene rings is 1. The van der Waals surface area contributed by atoms with E-state index in [-0.39, 0.29) is 5.91 Å². The van der Waals surface area contributed by atoms with Crippen LogP contribution in [0.3, 0.4) is 0 Å². The van der Waals surface area contributed by atoms with Gasteiger partial charge >= 0.3 is 0 Å². The van der Waals surface area contributed by atoms with E-state index in [0.29, 0.717) is 18.9 Å². The van der Waals surface area contributed by atoms with Gasteiger partial charge in [-0.25, -0.2) is 0 Å². The first kappa shape index (κ1) is 16.3. The molecule has 1 aromatic carbocycles. The number of nitrogens with one attached hydrogen (secondary N) is 1. The lowest BCUT2D eigenvalue weighted by atomic mass is 10.1. The fraction of sp³-hybridized carbons (Fsp3) is 0.562. The van der Waals surface area contributed by atoms with Crippen molar-refractivity contribution in [2.75, 3.05) is 33.3 Å². The molecule has 0 saturated carbocycles. The van der Waals surface area contributed by atoms with Crippen LogP contribution < -0.4 is 10.1 Å². The van der Waals surface area contributed by atoms with Gasteiger partial charge in [-0.1, -0.05) is 6.07 Å². The van der Waals surface area contributed by atoms with Gasteiger partial charge in [-0.2, -0.15) is 0 Å². The number of carbonyl (C=O) groups is 1. The summed E-state index contributed by atoms with van der Waals surface area (Å²) in [5.41, 5.74) is 1.18.